The lowest BCUT2D eigenvalue weighted by molar-refractivity contribution is -0.117. The van der Waals surface area contributed by atoms with Gasteiger partial charge in [0.05, 0.1) is 12.1 Å². The van der Waals surface area contributed by atoms with Crippen LogP contribution in [0.1, 0.15) is 84.8 Å². The molecule has 6 heteroatoms. The van der Waals surface area contributed by atoms with Crippen LogP contribution in [-0.2, 0) is 17.6 Å². The highest BCUT2D eigenvalue weighted by Gasteiger charge is 2.34. The van der Waals surface area contributed by atoms with E-state index in [1.807, 2.05) is 19.1 Å². The van der Waals surface area contributed by atoms with Crippen LogP contribution in [-0.4, -0.2) is 36.3 Å². The molecule has 1 aromatic carbocycles. The lowest BCUT2D eigenvalue weighted by atomic mass is 9.72. The van der Waals surface area contributed by atoms with E-state index in [0.29, 0.717) is 23.0 Å². The average Bonchev–Trinajstić information content (AvgIpc) is 2.93. The highest BCUT2D eigenvalue weighted by atomic mass is 32.1. The third-order valence-corrected chi connectivity index (χ3v) is 8.84. The van der Waals surface area contributed by atoms with Gasteiger partial charge in [-0.2, -0.15) is 0 Å². The van der Waals surface area contributed by atoms with Crippen LogP contribution in [0, 0.1) is 25.2 Å². The van der Waals surface area contributed by atoms with Crippen LogP contribution in [0.4, 0.5) is 10.7 Å². The van der Waals surface area contributed by atoms with Gasteiger partial charge in [-0.3, -0.25) is 14.5 Å². The molecule has 0 bridgehead atoms. The van der Waals surface area contributed by atoms with Crippen molar-refractivity contribution in [3.05, 3.63) is 45.3 Å². The number of anilines is 2. The van der Waals surface area contributed by atoms with Crippen molar-refractivity contribution in [2.75, 3.05) is 30.3 Å². The third kappa shape index (κ3) is 6.34. The quantitative estimate of drug-likeness (QED) is 0.492. The molecule has 5 nitrogen and oxygen atoms in total. The molecule has 1 aliphatic carbocycles. The molecule has 1 atom stereocenters. The van der Waals surface area contributed by atoms with E-state index >= 15 is 0 Å². The van der Waals surface area contributed by atoms with E-state index in [9.17, 15) is 9.59 Å². The molecular weight excluding hydrogens is 454 g/mol. The fourth-order valence-corrected chi connectivity index (χ4v) is 6.80. The summed E-state index contributed by atoms with van der Waals surface area (Å²) in [5.41, 5.74) is 5.06. The Morgan fingerprint density at radius 2 is 1.77 bits per heavy atom. The molecule has 2 heterocycles. The maximum Gasteiger partial charge on any atom is 0.258 e. The standard InChI is InChI=1S/C29H41N3O2S/c1-19-10-13-23(20(2)16-19)30-27(34)26-22-12-11-21(29(3,4)5)17-24(22)35-28(26)31-25(33)18-32-14-8-6-7-9-15-32/h10,13,16,21H,6-9,11-12,14-15,17-18H2,1-5H3,(H,30,34)(H,31,33)/t21-/m0/s1. The molecule has 0 radical (unpaired) electrons. The summed E-state index contributed by atoms with van der Waals surface area (Å²) < 4.78 is 0. The van der Waals surface area contributed by atoms with Gasteiger partial charge in [0.25, 0.3) is 5.91 Å². The van der Waals surface area contributed by atoms with Gasteiger partial charge in [0.1, 0.15) is 5.00 Å². The topological polar surface area (TPSA) is 61.4 Å². The lowest BCUT2D eigenvalue weighted by Gasteiger charge is -2.33. The number of likely N-dealkylation sites (tertiary alicyclic amines) is 1. The Balaban J connectivity index is 1.59. The van der Waals surface area contributed by atoms with Crippen LogP contribution in [0.25, 0.3) is 0 Å². The Morgan fingerprint density at radius 1 is 1.06 bits per heavy atom. The number of nitrogens with zero attached hydrogens (tertiary/aromatic N) is 1. The van der Waals surface area contributed by atoms with Gasteiger partial charge in [-0.05, 0) is 87.6 Å². The number of benzene rings is 1. The predicted octanol–water partition coefficient (Wildman–Crippen LogP) is 6.58. The fraction of sp³-hybridized carbons (Fsp3) is 0.586. The van der Waals surface area contributed by atoms with Crippen LogP contribution in [0.3, 0.4) is 0 Å². The Hall–Kier alpha value is -2.18. The predicted molar refractivity (Wildman–Crippen MR) is 147 cm³/mol. The number of hydrogen-bond acceptors (Lipinski definition) is 4. The molecule has 2 amide bonds. The van der Waals surface area contributed by atoms with Gasteiger partial charge in [-0.25, -0.2) is 0 Å². The minimum absolute atomic E-state index is 0.0153. The molecule has 1 saturated heterocycles. The Kier molecular flexibility index (Phi) is 8.02. The molecule has 35 heavy (non-hydrogen) atoms. The minimum Gasteiger partial charge on any atom is -0.322 e. The second-order valence-electron chi connectivity index (χ2n) is 11.5. The number of hydrogen-bond donors (Lipinski definition) is 2. The van der Waals surface area contributed by atoms with E-state index in [-0.39, 0.29) is 17.2 Å². The maximum absolute atomic E-state index is 13.6. The van der Waals surface area contributed by atoms with Crippen molar-refractivity contribution in [3.63, 3.8) is 0 Å². The van der Waals surface area contributed by atoms with Gasteiger partial charge < -0.3 is 10.6 Å². The summed E-state index contributed by atoms with van der Waals surface area (Å²) in [6.07, 6.45) is 7.70. The Labute approximate surface area is 214 Å². The van der Waals surface area contributed by atoms with Crippen molar-refractivity contribution in [1.82, 2.24) is 4.90 Å². The number of carbonyl (C=O) groups excluding carboxylic acids is 2. The van der Waals surface area contributed by atoms with Crippen molar-refractivity contribution in [2.24, 2.45) is 11.3 Å². The van der Waals surface area contributed by atoms with Crippen molar-refractivity contribution < 1.29 is 9.59 Å². The van der Waals surface area contributed by atoms with Gasteiger partial charge in [0.15, 0.2) is 0 Å². The van der Waals surface area contributed by atoms with Gasteiger partial charge >= 0.3 is 0 Å². The fourth-order valence-electron chi connectivity index (χ4n) is 5.46. The van der Waals surface area contributed by atoms with E-state index in [0.717, 1.165) is 62.0 Å². The summed E-state index contributed by atoms with van der Waals surface area (Å²) in [4.78, 5) is 30.2. The Bertz CT molecular complexity index is 1070. The molecule has 1 aromatic heterocycles. The van der Waals surface area contributed by atoms with Gasteiger partial charge in [-0.15, -0.1) is 11.3 Å². The molecular formula is C29H41N3O2S. The molecule has 4 rings (SSSR count). The molecule has 2 aromatic rings. The highest BCUT2D eigenvalue weighted by molar-refractivity contribution is 7.17. The first-order valence-electron chi connectivity index (χ1n) is 13.2. The minimum atomic E-state index is -0.117. The lowest BCUT2D eigenvalue weighted by Crippen LogP contribution is -2.34. The molecule has 190 valence electrons. The summed E-state index contributed by atoms with van der Waals surface area (Å²) in [5, 5.41) is 7.01. The molecule has 1 fully saturated rings. The van der Waals surface area contributed by atoms with E-state index in [2.05, 4.69) is 49.3 Å². The van der Waals surface area contributed by atoms with E-state index in [1.54, 1.807) is 11.3 Å². The van der Waals surface area contributed by atoms with Crippen LogP contribution in [0.5, 0.6) is 0 Å². The molecule has 1 aliphatic heterocycles. The first kappa shape index (κ1) is 25.9. The molecule has 2 aliphatic rings. The van der Waals surface area contributed by atoms with Gasteiger partial charge in [-0.1, -0.05) is 51.3 Å². The number of nitrogens with one attached hydrogen (secondary N) is 2. The van der Waals surface area contributed by atoms with Crippen molar-refractivity contribution >= 4 is 33.8 Å². The smallest absolute Gasteiger partial charge is 0.258 e. The van der Waals surface area contributed by atoms with E-state index in [4.69, 9.17) is 0 Å². The number of carbonyl (C=O) groups is 2. The zero-order valence-electron chi connectivity index (χ0n) is 22.1. The second kappa shape index (κ2) is 10.8. The largest absolute Gasteiger partial charge is 0.322 e. The first-order valence-corrected chi connectivity index (χ1v) is 14.0. The van der Waals surface area contributed by atoms with Crippen LogP contribution in [0.15, 0.2) is 18.2 Å². The van der Waals surface area contributed by atoms with Crippen molar-refractivity contribution in [2.45, 2.75) is 79.6 Å². The summed E-state index contributed by atoms with van der Waals surface area (Å²) in [7, 11) is 0. The number of amides is 2. The zero-order chi connectivity index (χ0) is 25.2. The Morgan fingerprint density at radius 3 is 2.43 bits per heavy atom. The van der Waals surface area contributed by atoms with Crippen molar-refractivity contribution in [1.29, 1.82) is 0 Å². The number of aryl methyl sites for hydroxylation is 2. The third-order valence-electron chi connectivity index (χ3n) is 7.67. The second-order valence-corrected chi connectivity index (χ2v) is 12.6. The molecule has 2 N–H and O–H groups in total. The monoisotopic (exact) mass is 495 g/mol. The highest BCUT2D eigenvalue weighted by Crippen LogP contribution is 2.44. The van der Waals surface area contributed by atoms with E-state index in [1.165, 1.54) is 23.3 Å². The van der Waals surface area contributed by atoms with Crippen molar-refractivity contribution in [3.8, 4) is 0 Å². The number of rotatable bonds is 5. The average molecular weight is 496 g/mol. The summed E-state index contributed by atoms with van der Waals surface area (Å²) >= 11 is 1.61. The summed E-state index contributed by atoms with van der Waals surface area (Å²) in [6, 6.07) is 6.06. The zero-order valence-corrected chi connectivity index (χ0v) is 22.9. The van der Waals surface area contributed by atoms with Crippen LogP contribution < -0.4 is 10.6 Å². The first-order chi connectivity index (χ1) is 16.6. The molecule has 0 saturated carbocycles. The SMILES string of the molecule is Cc1ccc(NC(=O)c2c(NC(=O)CN3CCCCCC3)sc3c2CC[C@H](C(C)(C)C)C3)c(C)c1. The van der Waals surface area contributed by atoms with Gasteiger partial charge in [0.2, 0.25) is 5.91 Å². The molecule has 0 unspecified atom stereocenters. The van der Waals surface area contributed by atoms with Gasteiger partial charge in [0, 0.05) is 10.6 Å². The maximum atomic E-state index is 13.6. The molecule has 0 spiro atoms. The number of fused-ring (bicyclic) bond motifs is 1. The summed E-state index contributed by atoms with van der Waals surface area (Å²) in [6.45, 7) is 13.3. The number of thiophene rings is 1. The van der Waals surface area contributed by atoms with Crippen LogP contribution >= 0.6 is 11.3 Å². The summed E-state index contributed by atoms with van der Waals surface area (Å²) in [5.74, 6) is 0.441. The van der Waals surface area contributed by atoms with Crippen LogP contribution in [0.2, 0.25) is 0 Å². The van der Waals surface area contributed by atoms with E-state index < -0.39 is 0 Å². The normalized spacial score (nSPS) is 19.1.